The fraction of sp³-hybridized carbons (Fsp3) is 1.00. The second kappa shape index (κ2) is 5.64. The van der Waals surface area contributed by atoms with E-state index in [1.807, 2.05) is 0 Å². The summed E-state index contributed by atoms with van der Waals surface area (Å²) in [5.41, 5.74) is 0. The molecule has 0 aromatic carbocycles. The van der Waals surface area contributed by atoms with Crippen molar-refractivity contribution in [2.24, 2.45) is 0 Å². The molecule has 0 aliphatic carbocycles. The first-order chi connectivity index (χ1) is 2.27. The largest absolute Gasteiger partial charge is 0.534 e. The van der Waals surface area contributed by atoms with Crippen LogP contribution in [0.1, 0.15) is 0 Å². The Kier molecular flexibility index (Phi) is 9.23. The van der Waals surface area contributed by atoms with Crippen molar-refractivity contribution < 1.29 is 34.0 Å². The van der Waals surface area contributed by atoms with E-state index in [1.165, 1.54) is 0 Å². The summed E-state index contributed by atoms with van der Waals surface area (Å²) >= 11 is 0. The van der Waals surface area contributed by atoms with Gasteiger partial charge in [-0.2, -0.15) is 4.89 Å². The van der Waals surface area contributed by atoms with Crippen LogP contribution in [0.2, 0.25) is 0 Å². The molecule has 32 valence electrons. The van der Waals surface area contributed by atoms with Crippen LogP contribution in [-0.2, 0) is 24.0 Å². The molecule has 0 fully saturated rings. The van der Waals surface area contributed by atoms with Crippen LogP contribution in [0.25, 0.3) is 0 Å². The molecule has 0 saturated carbocycles. The standard InChI is InChI=1S/CH3O3P.Zn/c2-1-5(3)4;/h2H,1H2;/p+1. The third-order valence-corrected chi connectivity index (χ3v) is 0.363. The summed E-state index contributed by atoms with van der Waals surface area (Å²) in [6, 6.07) is 0. The van der Waals surface area contributed by atoms with E-state index in [4.69, 9.17) is 10.00 Å². The third kappa shape index (κ3) is 8.82. The summed E-state index contributed by atoms with van der Waals surface area (Å²) in [5, 5.41) is 7.61. The van der Waals surface area contributed by atoms with E-state index in [1.54, 1.807) is 0 Å². The minimum atomic E-state index is -2.29. The Morgan fingerprint density at radius 3 is 1.83 bits per heavy atom. The maximum atomic E-state index is 9.27. The predicted octanol–water partition coefficient (Wildman–Crippen LogP) is -0.332. The molecule has 0 spiro atoms. The Morgan fingerprint density at radius 1 is 1.67 bits per heavy atom. The minimum absolute atomic E-state index is 0. The summed E-state index contributed by atoms with van der Waals surface area (Å²) in [6.07, 6.45) is -0.630. The van der Waals surface area contributed by atoms with Crippen LogP contribution in [-0.4, -0.2) is 16.3 Å². The third-order valence-electron chi connectivity index (χ3n) is 0.121. The average Bonchev–Trinajstić information content (AvgIpc) is 1.38. The van der Waals surface area contributed by atoms with Gasteiger partial charge < -0.3 is 5.11 Å². The van der Waals surface area contributed by atoms with E-state index >= 15 is 0 Å². The fourth-order valence-electron chi connectivity index (χ4n) is 0. The van der Waals surface area contributed by atoms with E-state index in [0.29, 0.717) is 0 Å². The van der Waals surface area contributed by atoms with Gasteiger partial charge in [-0.1, -0.05) is 0 Å². The molecule has 1 unspecified atom stereocenters. The zero-order chi connectivity index (χ0) is 4.28. The van der Waals surface area contributed by atoms with Crippen molar-refractivity contribution in [3.63, 3.8) is 0 Å². The molecular formula is CH4O3PZn+. The molecule has 6 heavy (non-hydrogen) atoms. The Labute approximate surface area is 49.0 Å². The second-order valence-electron chi connectivity index (χ2n) is 0.494. The molecule has 0 amide bonds. The minimum Gasteiger partial charge on any atom is -0.351 e. The van der Waals surface area contributed by atoms with Crippen molar-refractivity contribution in [3.8, 4) is 0 Å². The van der Waals surface area contributed by atoms with Crippen LogP contribution >= 0.6 is 8.03 Å². The van der Waals surface area contributed by atoms with Gasteiger partial charge in [-0.3, -0.25) is 0 Å². The first-order valence-electron chi connectivity index (χ1n) is 1.02. The van der Waals surface area contributed by atoms with E-state index in [0.717, 1.165) is 0 Å². The Morgan fingerprint density at radius 2 is 1.83 bits per heavy atom. The van der Waals surface area contributed by atoms with E-state index < -0.39 is 14.4 Å². The van der Waals surface area contributed by atoms with E-state index in [-0.39, 0.29) is 19.5 Å². The fourth-order valence-corrected chi connectivity index (χ4v) is 0. The Bertz CT molecular complexity index is 46.1. The summed E-state index contributed by atoms with van der Waals surface area (Å²) < 4.78 is 9.27. The molecule has 0 heterocycles. The van der Waals surface area contributed by atoms with Gasteiger partial charge in [0.2, 0.25) is 0 Å². The van der Waals surface area contributed by atoms with Crippen LogP contribution in [0.15, 0.2) is 0 Å². The molecule has 0 saturated heterocycles. The summed E-state index contributed by atoms with van der Waals surface area (Å²) in [6.45, 7) is 0. The molecule has 0 aromatic rings. The summed E-state index contributed by atoms with van der Waals surface area (Å²) in [7, 11) is -2.29. The number of hydrogen-bond donors (Lipinski definition) is 2. The van der Waals surface area contributed by atoms with Gasteiger partial charge in [0.15, 0.2) is 0 Å². The number of rotatable bonds is 1. The normalized spacial score (nSPS) is 9.33. The van der Waals surface area contributed by atoms with E-state index in [9.17, 15) is 4.57 Å². The average molecular weight is 160 g/mol. The van der Waals surface area contributed by atoms with Crippen LogP contribution in [0.5, 0.6) is 0 Å². The molecule has 0 bridgehead atoms. The predicted molar refractivity (Wildman–Crippen MR) is 16.9 cm³/mol. The number of aliphatic hydroxyl groups is 1. The zero-order valence-corrected chi connectivity index (χ0v) is 7.03. The van der Waals surface area contributed by atoms with Gasteiger partial charge in [-0.25, -0.2) is 0 Å². The van der Waals surface area contributed by atoms with Crippen LogP contribution in [0.3, 0.4) is 0 Å². The molecular weight excluding hydrogens is 156 g/mol. The monoisotopic (exact) mass is 159 g/mol. The van der Waals surface area contributed by atoms with Gasteiger partial charge >= 0.3 is 8.03 Å². The maximum Gasteiger partial charge on any atom is 0.534 e. The molecule has 2 N–H and O–H groups in total. The Hall–Kier alpha value is 0.643. The van der Waals surface area contributed by atoms with Crippen LogP contribution in [0, 0.1) is 0 Å². The zero-order valence-electron chi connectivity index (χ0n) is 3.16. The number of aliphatic hydroxyl groups excluding tert-OH is 1. The van der Waals surface area contributed by atoms with Crippen LogP contribution < -0.4 is 0 Å². The topological polar surface area (TPSA) is 57.5 Å². The second-order valence-corrected chi connectivity index (χ2v) is 1.48. The Balaban J connectivity index is 0. The summed E-state index contributed by atoms with van der Waals surface area (Å²) in [4.78, 5) is 7.62. The van der Waals surface area contributed by atoms with Crippen molar-refractivity contribution >= 4 is 8.03 Å². The van der Waals surface area contributed by atoms with Gasteiger partial charge in [0, 0.05) is 19.5 Å². The maximum absolute atomic E-state index is 9.27. The molecule has 0 aromatic heterocycles. The van der Waals surface area contributed by atoms with Crippen molar-refractivity contribution in [2.45, 2.75) is 0 Å². The molecule has 0 aliphatic heterocycles. The van der Waals surface area contributed by atoms with Gasteiger partial charge in [-0.05, 0) is 4.57 Å². The van der Waals surface area contributed by atoms with Gasteiger partial charge in [-0.15, -0.1) is 0 Å². The summed E-state index contributed by atoms with van der Waals surface area (Å²) in [5.74, 6) is 0. The SMILES string of the molecule is O=[P+](O)CO.[Zn]. The van der Waals surface area contributed by atoms with E-state index in [2.05, 4.69) is 0 Å². The smallest absolute Gasteiger partial charge is 0.351 e. The quantitative estimate of drug-likeness (QED) is 0.408. The van der Waals surface area contributed by atoms with Crippen molar-refractivity contribution in [3.05, 3.63) is 0 Å². The molecule has 1 atom stereocenters. The van der Waals surface area contributed by atoms with Crippen molar-refractivity contribution in [2.75, 3.05) is 6.35 Å². The van der Waals surface area contributed by atoms with Crippen molar-refractivity contribution in [1.29, 1.82) is 0 Å². The van der Waals surface area contributed by atoms with Gasteiger partial charge in [0.25, 0.3) is 6.35 Å². The van der Waals surface area contributed by atoms with Gasteiger partial charge in [0.1, 0.15) is 0 Å². The molecule has 3 nitrogen and oxygen atoms in total. The van der Waals surface area contributed by atoms with Crippen LogP contribution in [0.4, 0.5) is 0 Å². The molecule has 0 aliphatic rings. The molecule has 0 rings (SSSR count). The van der Waals surface area contributed by atoms with Crippen molar-refractivity contribution in [1.82, 2.24) is 0 Å². The van der Waals surface area contributed by atoms with Gasteiger partial charge in [0.05, 0.1) is 0 Å². The molecule has 0 radical (unpaired) electrons. The first-order valence-corrected chi connectivity index (χ1v) is 2.41. The molecule has 5 heteroatoms. The number of hydrogen-bond acceptors (Lipinski definition) is 2. The first kappa shape index (κ1) is 9.81.